The van der Waals surface area contributed by atoms with Crippen molar-refractivity contribution in [1.82, 2.24) is 14.9 Å². The van der Waals surface area contributed by atoms with Gasteiger partial charge in [-0.15, -0.1) is 0 Å². The fourth-order valence-corrected chi connectivity index (χ4v) is 4.91. The number of amides is 1. The van der Waals surface area contributed by atoms with Crippen molar-refractivity contribution in [3.05, 3.63) is 24.3 Å². The van der Waals surface area contributed by atoms with Gasteiger partial charge in [0.05, 0.1) is 11.0 Å². The Morgan fingerprint density at radius 1 is 1.14 bits per heavy atom. The molecular formula is C23H34N4O. The van der Waals surface area contributed by atoms with Gasteiger partial charge in [-0.25, -0.2) is 4.98 Å². The van der Waals surface area contributed by atoms with Crippen LogP contribution in [0.1, 0.15) is 64.7 Å². The number of rotatable bonds is 7. The van der Waals surface area contributed by atoms with Gasteiger partial charge in [0.2, 0.25) is 11.9 Å². The van der Waals surface area contributed by atoms with E-state index in [9.17, 15) is 4.79 Å². The van der Waals surface area contributed by atoms with E-state index in [0.717, 1.165) is 62.7 Å². The van der Waals surface area contributed by atoms with Crippen molar-refractivity contribution < 1.29 is 4.79 Å². The number of benzene rings is 1. The number of hydrogen-bond acceptors (Lipinski definition) is 3. The minimum atomic E-state index is 0.253. The third-order valence-corrected chi connectivity index (χ3v) is 6.48. The fourth-order valence-electron chi connectivity index (χ4n) is 4.91. The molecule has 1 saturated heterocycles. The van der Waals surface area contributed by atoms with E-state index in [1.54, 1.807) is 0 Å². The van der Waals surface area contributed by atoms with Crippen molar-refractivity contribution in [3.8, 4) is 0 Å². The number of carbonyl (C=O) groups is 1. The summed E-state index contributed by atoms with van der Waals surface area (Å²) in [6.07, 6.45) is 10.2. The number of carbonyl (C=O) groups excluding carboxylic acids is 1. The molecule has 1 amide bonds. The number of anilines is 1. The van der Waals surface area contributed by atoms with Crippen LogP contribution in [0.3, 0.4) is 0 Å². The largest absolute Gasteiger partial charge is 0.353 e. The monoisotopic (exact) mass is 382 g/mol. The van der Waals surface area contributed by atoms with Crippen molar-refractivity contribution >= 4 is 22.9 Å². The molecule has 4 rings (SSSR count). The third kappa shape index (κ3) is 4.34. The molecule has 2 aliphatic rings. The minimum absolute atomic E-state index is 0.253. The molecule has 1 saturated carbocycles. The summed E-state index contributed by atoms with van der Waals surface area (Å²) >= 11 is 0. The predicted molar refractivity (Wildman–Crippen MR) is 115 cm³/mol. The van der Waals surface area contributed by atoms with Gasteiger partial charge in [-0.2, -0.15) is 0 Å². The molecule has 1 aromatic carbocycles. The second-order valence-electron chi connectivity index (χ2n) is 8.57. The molecule has 2 fully saturated rings. The zero-order valence-electron chi connectivity index (χ0n) is 17.2. The molecule has 1 aliphatic carbocycles. The van der Waals surface area contributed by atoms with Crippen LogP contribution in [0.25, 0.3) is 11.0 Å². The van der Waals surface area contributed by atoms with Crippen molar-refractivity contribution in [3.63, 3.8) is 0 Å². The summed E-state index contributed by atoms with van der Waals surface area (Å²) < 4.78 is 2.36. The number of aromatic nitrogens is 2. The molecule has 2 heterocycles. The second kappa shape index (κ2) is 8.97. The first-order valence-corrected chi connectivity index (χ1v) is 11.2. The van der Waals surface area contributed by atoms with Gasteiger partial charge in [0, 0.05) is 32.1 Å². The Bertz CT molecular complexity index is 785. The van der Waals surface area contributed by atoms with E-state index in [-0.39, 0.29) is 5.91 Å². The molecule has 0 spiro atoms. The first-order chi connectivity index (χ1) is 13.7. The quantitative estimate of drug-likeness (QED) is 0.767. The van der Waals surface area contributed by atoms with Crippen LogP contribution >= 0.6 is 0 Å². The molecule has 0 atom stereocenters. The summed E-state index contributed by atoms with van der Waals surface area (Å²) in [4.78, 5) is 19.7. The lowest BCUT2D eigenvalue weighted by atomic mass is 10.0. The van der Waals surface area contributed by atoms with E-state index in [1.165, 1.54) is 31.2 Å². The highest BCUT2D eigenvalue weighted by molar-refractivity contribution is 5.79. The molecule has 152 valence electrons. The van der Waals surface area contributed by atoms with Crippen molar-refractivity contribution in [1.29, 1.82) is 0 Å². The SMILES string of the molecule is CCCn1c(N2CCC(NC(=O)CCC3CCCC3)CC2)nc2ccccc21. The first-order valence-electron chi connectivity index (χ1n) is 11.2. The molecule has 5 heteroatoms. The van der Waals surface area contributed by atoms with E-state index >= 15 is 0 Å². The lowest BCUT2D eigenvalue weighted by Crippen LogP contribution is -2.45. The molecule has 5 nitrogen and oxygen atoms in total. The van der Waals surface area contributed by atoms with E-state index in [0.29, 0.717) is 12.5 Å². The van der Waals surface area contributed by atoms with Crippen LogP contribution in [0.4, 0.5) is 5.95 Å². The molecule has 0 radical (unpaired) electrons. The summed E-state index contributed by atoms with van der Waals surface area (Å²) in [5, 5.41) is 3.29. The summed E-state index contributed by atoms with van der Waals surface area (Å²) in [7, 11) is 0. The Hall–Kier alpha value is -2.04. The van der Waals surface area contributed by atoms with Crippen LogP contribution in [0.15, 0.2) is 24.3 Å². The highest BCUT2D eigenvalue weighted by Gasteiger charge is 2.25. The normalized spacial score (nSPS) is 18.8. The van der Waals surface area contributed by atoms with Gasteiger partial charge in [-0.1, -0.05) is 44.7 Å². The number of nitrogens with zero attached hydrogens (tertiary/aromatic N) is 3. The van der Waals surface area contributed by atoms with Gasteiger partial charge in [0.25, 0.3) is 0 Å². The average molecular weight is 383 g/mol. The predicted octanol–water partition coefficient (Wildman–Crippen LogP) is 4.50. The molecule has 2 aromatic rings. The summed E-state index contributed by atoms with van der Waals surface area (Å²) in [6.45, 7) is 5.13. The van der Waals surface area contributed by atoms with E-state index < -0.39 is 0 Å². The topological polar surface area (TPSA) is 50.2 Å². The van der Waals surface area contributed by atoms with Gasteiger partial charge < -0.3 is 14.8 Å². The van der Waals surface area contributed by atoms with Gasteiger partial charge in [-0.05, 0) is 43.7 Å². The number of imidazole rings is 1. The van der Waals surface area contributed by atoms with Crippen molar-refractivity contribution in [2.24, 2.45) is 5.92 Å². The Kier molecular flexibility index (Phi) is 6.18. The second-order valence-corrected chi connectivity index (χ2v) is 8.57. The van der Waals surface area contributed by atoms with Gasteiger partial charge in [-0.3, -0.25) is 4.79 Å². The smallest absolute Gasteiger partial charge is 0.220 e. The van der Waals surface area contributed by atoms with Crippen LogP contribution in [0.2, 0.25) is 0 Å². The summed E-state index contributed by atoms with van der Waals surface area (Å²) in [5.41, 5.74) is 2.30. The van der Waals surface area contributed by atoms with Gasteiger partial charge in [0.15, 0.2) is 0 Å². The Morgan fingerprint density at radius 2 is 1.89 bits per heavy atom. The lowest BCUT2D eigenvalue weighted by Gasteiger charge is -2.33. The van der Waals surface area contributed by atoms with Crippen molar-refractivity contribution in [2.45, 2.75) is 77.3 Å². The Labute approximate surface area is 168 Å². The van der Waals surface area contributed by atoms with E-state index in [4.69, 9.17) is 4.98 Å². The standard InChI is InChI=1S/C23H34N4O/c1-2-15-27-21-10-6-5-9-20(21)25-23(27)26-16-13-19(14-17-26)24-22(28)12-11-18-7-3-4-8-18/h5-6,9-10,18-19H,2-4,7-8,11-17H2,1H3,(H,24,28). The summed E-state index contributed by atoms with van der Waals surface area (Å²) in [5.74, 6) is 2.14. The van der Waals surface area contributed by atoms with Crippen LogP contribution in [0.5, 0.6) is 0 Å². The maximum Gasteiger partial charge on any atom is 0.220 e. The highest BCUT2D eigenvalue weighted by atomic mass is 16.1. The minimum Gasteiger partial charge on any atom is -0.353 e. The average Bonchev–Trinajstić information content (AvgIpc) is 3.36. The van der Waals surface area contributed by atoms with Gasteiger partial charge in [0.1, 0.15) is 0 Å². The third-order valence-electron chi connectivity index (χ3n) is 6.48. The number of hydrogen-bond donors (Lipinski definition) is 1. The number of fused-ring (bicyclic) bond motifs is 1. The lowest BCUT2D eigenvalue weighted by molar-refractivity contribution is -0.122. The maximum absolute atomic E-state index is 12.3. The zero-order chi connectivity index (χ0) is 19.3. The van der Waals surface area contributed by atoms with E-state index in [2.05, 4.69) is 46.0 Å². The molecule has 28 heavy (non-hydrogen) atoms. The molecule has 0 bridgehead atoms. The van der Waals surface area contributed by atoms with Crippen LogP contribution < -0.4 is 10.2 Å². The summed E-state index contributed by atoms with van der Waals surface area (Å²) in [6, 6.07) is 8.73. The number of piperidine rings is 1. The van der Waals surface area contributed by atoms with Gasteiger partial charge >= 0.3 is 0 Å². The molecule has 1 aromatic heterocycles. The fraction of sp³-hybridized carbons (Fsp3) is 0.652. The Balaban J connectivity index is 1.32. The molecule has 0 unspecified atom stereocenters. The molecular weight excluding hydrogens is 348 g/mol. The van der Waals surface area contributed by atoms with E-state index in [1.807, 2.05) is 0 Å². The van der Waals surface area contributed by atoms with Crippen LogP contribution in [-0.4, -0.2) is 34.6 Å². The molecule has 1 aliphatic heterocycles. The van der Waals surface area contributed by atoms with Crippen LogP contribution in [0, 0.1) is 5.92 Å². The Morgan fingerprint density at radius 3 is 2.64 bits per heavy atom. The van der Waals surface area contributed by atoms with Crippen molar-refractivity contribution in [2.75, 3.05) is 18.0 Å². The zero-order valence-corrected chi connectivity index (χ0v) is 17.2. The number of para-hydroxylation sites is 2. The van der Waals surface area contributed by atoms with Crippen LogP contribution in [-0.2, 0) is 11.3 Å². The molecule has 1 N–H and O–H groups in total. The highest BCUT2D eigenvalue weighted by Crippen LogP contribution is 2.29. The number of aryl methyl sites for hydroxylation is 1. The number of nitrogens with one attached hydrogen (secondary N) is 1. The first kappa shape index (κ1) is 19.3. The maximum atomic E-state index is 12.3.